The number of nitrogens with one attached hydrogen (secondary N) is 1. The first-order chi connectivity index (χ1) is 15.4. The number of thiophene rings is 1. The van der Waals surface area contributed by atoms with Crippen molar-refractivity contribution >= 4 is 39.7 Å². The van der Waals surface area contributed by atoms with Gasteiger partial charge in [-0.15, -0.1) is 11.3 Å². The summed E-state index contributed by atoms with van der Waals surface area (Å²) in [6.45, 7) is 5.24. The van der Waals surface area contributed by atoms with Crippen LogP contribution in [0.2, 0.25) is 0 Å². The summed E-state index contributed by atoms with van der Waals surface area (Å²) >= 11 is 1.38. The Bertz CT molecular complexity index is 1170. The molecule has 0 radical (unpaired) electrons. The Hall–Kier alpha value is -3.69. The Balaban J connectivity index is 1.99. The number of carbonyl (C=O) groups is 1. The van der Waals surface area contributed by atoms with Gasteiger partial charge in [0.05, 0.1) is 10.5 Å². The molecule has 0 aliphatic heterocycles. The van der Waals surface area contributed by atoms with Crippen LogP contribution >= 0.6 is 11.3 Å². The smallest absolute Gasteiger partial charge is 0.270 e. The van der Waals surface area contributed by atoms with Gasteiger partial charge in [0.2, 0.25) is 0 Å². The summed E-state index contributed by atoms with van der Waals surface area (Å²) < 4.78 is 0. The summed E-state index contributed by atoms with van der Waals surface area (Å²) in [5, 5.41) is 33.7. The molecule has 0 spiro atoms. The zero-order valence-corrected chi connectivity index (χ0v) is 18.8. The zero-order valence-electron chi connectivity index (χ0n) is 18.0. The number of anilines is 2. The summed E-state index contributed by atoms with van der Waals surface area (Å²) in [7, 11) is 0. The fourth-order valence-electron chi connectivity index (χ4n) is 3.87. The maximum atomic E-state index is 12.9. The van der Waals surface area contributed by atoms with Gasteiger partial charge in [-0.25, -0.2) is 0 Å². The number of hydrogen-bond acceptors (Lipinski definition) is 7. The Kier molecular flexibility index (Phi) is 7.24. The van der Waals surface area contributed by atoms with Gasteiger partial charge in [0.1, 0.15) is 22.7 Å². The second-order valence-electron chi connectivity index (χ2n) is 7.32. The number of fused-ring (bicyclic) bond motifs is 1. The van der Waals surface area contributed by atoms with Gasteiger partial charge in [-0.2, -0.15) is 10.5 Å². The number of benzene rings is 1. The molecule has 1 aliphatic rings. The lowest BCUT2D eigenvalue weighted by molar-refractivity contribution is -0.384. The standard InChI is InChI=1S/C23H23N5O3S/c1-3-27(4-2)20-10-9-17(28(30)31)12-15(20)11-16(13-24)22(29)26-23-19(14-25)18-7-5-6-8-21(18)32-23/h9-12H,3-8H2,1-2H3,(H,26,29)/b16-11-. The van der Waals surface area contributed by atoms with Gasteiger partial charge in [-0.3, -0.25) is 14.9 Å². The average Bonchev–Trinajstić information content (AvgIpc) is 3.15. The number of nitro benzene ring substituents is 1. The highest BCUT2D eigenvalue weighted by Gasteiger charge is 2.23. The minimum atomic E-state index is -0.639. The van der Waals surface area contributed by atoms with E-state index in [4.69, 9.17) is 0 Å². The van der Waals surface area contributed by atoms with Crippen molar-refractivity contribution in [2.45, 2.75) is 39.5 Å². The molecule has 1 heterocycles. The molecule has 0 atom stereocenters. The van der Waals surface area contributed by atoms with Crippen LogP contribution in [0.1, 0.15) is 48.3 Å². The normalized spacial score (nSPS) is 12.9. The third-order valence-electron chi connectivity index (χ3n) is 5.50. The van der Waals surface area contributed by atoms with Gasteiger partial charge in [0.15, 0.2) is 0 Å². The average molecular weight is 450 g/mol. The van der Waals surface area contributed by atoms with Crippen LogP contribution in [0.3, 0.4) is 0 Å². The molecule has 9 heteroatoms. The number of aryl methyl sites for hydroxylation is 1. The van der Waals surface area contributed by atoms with Crippen LogP contribution in [0.4, 0.5) is 16.4 Å². The molecule has 1 amide bonds. The molecule has 1 aromatic carbocycles. The predicted octanol–water partition coefficient (Wildman–Crippen LogP) is 4.80. The summed E-state index contributed by atoms with van der Waals surface area (Å²) in [5.74, 6) is -0.639. The quantitative estimate of drug-likeness (QED) is 0.280. The number of hydrogen-bond donors (Lipinski definition) is 1. The minimum Gasteiger partial charge on any atom is -0.372 e. The van der Waals surface area contributed by atoms with Gasteiger partial charge in [0, 0.05) is 41.4 Å². The highest BCUT2D eigenvalue weighted by atomic mass is 32.1. The van der Waals surface area contributed by atoms with Crippen molar-refractivity contribution in [3.8, 4) is 12.1 Å². The molecule has 0 unspecified atom stereocenters. The topological polar surface area (TPSA) is 123 Å². The maximum absolute atomic E-state index is 12.9. The largest absolute Gasteiger partial charge is 0.372 e. The molecule has 3 rings (SSSR count). The Morgan fingerprint density at radius 2 is 2.00 bits per heavy atom. The molecule has 32 heavy (non-hydrogen) atoms. The highest BCUT2D eigenvalue weighted by molar-refractivity contribution is 7.16. The van der Waals surface area contributed by atoms with Gasteiger partial charge in [0.25, 0.3) is 11.6 Å². The monoisotopic (exact) mass is 449 g/mol. The molecular weight excluding hydrogens is 426 g/mol. The molecule has 164 valence electrons. The fourth-order valence-corrected chi connectivity index (χ4v) is 5.10. The lowest BCUT2D eigenvalue weighted by Crippen LogP contribution is -2.22. The van der Waals surface area contributed by atoms with Crippen LogP contribution in [0.5, 0.6) is 0 Å². The molecule has 8 nitrogen and oxygen atoms in total. The Labute approximate surface area is 190 Å². The number of non-ortho nitro benzene ring substituents is 1. The van der Waals surface area contributed by atoms with Crippen molar-refractivity contribution in [2.24, 2.45) is 0 Å². The molecule has 0 saturated carbocycles. The summed E-state index contributed by atoms with van der Waals surface area (Å²) in [5.41, 5.74) is 2.27. The van der Waals surface area contributed by atoms with Crippen LogP contribution in [-0.4, -0.2) is 23.9 Å². The van der Waals surface area contributed by atoms with Crippen molar-refractivity contribution in [2.75, 3.05) is 23.3 Å². The second kappa shape index (κ2) is 10.1. The Morgan fingerprint density at radius 3 is 2.62 bits per heavy atom. The predicted molar refractivity (Wildman–Crippen MR) is 125 cm³/mol. The van der Waals surface area contributed by atoms with Crippen molar-refractivity contribution < 1.29 is 9.72 Å². The van der Waals surface area contributed by atoms with E-state index in [1.165, 1.54) is 29.5 Å². The third kappa shape index (κ3) is 4.63. The number of nitrogens with zero attached hydrogens (tertiary/aromatic N) is 4. The first kappa shape index (κ1) is 23.0. The van der Waals surface area contributed by atoms with Crippen LogP contribution in [0.15, 0.2) is 23.8 Å². The van der Waals surface area contributed by atoms with E-state index in [-0.39, 0.29) is 11.3 Å². The van der Waals surface area contributed by atoms with Crippen LogP contribution < -0.4 is 10.2 Å². The third-order valence-corrected chi connectivity index (χ3v) is 6.71. The molecular formula is C23H23N5O3S. The van der Waals surface area contributed by atoms with Crippen LogP contribution in [0.25, 0.3) is 6.08 Å². The van der Waals surface area contributed by atoms with Crippen LogP contribution in [-0.2, 0) is 17.6 Å². The SMILES string of the molecule is CCN(CC)c1ccc([N+](=O)[O-])cc1/C=C(/C#N)C(=O)Nc1sc2c(c1C#N)CCCC2. The molecule has 1 aliphatic carbocycles. The van der Waals surface area contributed by atoms with E-state index < -0.39 is 10.8 Å². The summed E-state index contributed by atoms with van der Waals surface area (Å²) in [6.07, 6.45) is 5.13. The zero-order chi connectivity index (χ0) is 23.3. The van der Waals surface area contributed by atoms with Crippen molar-refractivity contribution in [1.82, 2.24) is 0 Å². The Morgan fingerprint density at radius 1 is 1.28 bits per heavy atom. The van der Waals surface area contributed by atoms with E-state index in [0.717, 1.165) is 36.1 Å². The maximum Gasteiger partial charge on any atom is 0.270 e. The van der Waals surface area contributed by atoms with E-state index in [2.05, 4.69) is 11.4 Å². The van der Waals surface area contributed by atoms with E-state index in [0.29, 0.717) is 34.9 Å². The summed E-state index contributed by atoms with van der Waals surface area (Å²) in [6, 6.07) is 8.49. The van der Waals surface area contributed by atoms with E-state index in [9.17, 15) is 25.4 Å². The number of nitro groups is 1. The van der Waals surface area contributed by atoms with Crippen molar-refractivity contribution in [1.29, 1.82) is 10.5 Å². The minimum absolute atomic E-state index is 0.123. The molecule has 2 aromatic rings. The molecule has 0 bridgehead atoms. The first-order valence-electron chi connectivity index (χ1n) is 10.4. The first-order valence-corrected chi connectivity index (χ1v) is 11.3. The molecule has 0 fully saturated rings. The van der Waals surface area contributed by atoms with Crippen molar-refractivity contribution in [3.05, 3.63) is 55.5 Å². The van der Waals surface area contributed by atoms with Crippen molar-refractivity contribution in [3.63, 3.8) is 0 Å². The fraction of sp³-hybridized carbons (Fsp3) is 0.348. The van der Waals surface area contributed by atoms with Gasteiger partial charge >= 0.3 is 0 Å². The lowest BCUT2D eigenvalue weighted by Gasteiger charge is -2.23. The molecule has 1 N–H and O–H groups in total. The van der Waals surface area contributed by atoms with Gasteiger partial charge in [-0.05, 0) is 57.2 Å². The van der Waals surface area contributed by atoms with E-state index >= 15 is 0 Å². The van der Waals surface area contributed by atoms with Gasteiger partial charge < -0.3 is 10.2 Å². The highest BCUT2D eigenvalue weighted by Crippen LogP contribution is 2.38. The number of rotatable bonds is 7. The second-order valence-corrected chi connectivity index (χ2v) is 8.43. The number of nitriles is 2. The van der Waals surface area contributed by atoms with Gasteiger partial charge in [-0.1, -0.05) is 0 Å². The number of carbonyl (C=O) groups excluding carboxylic acids is 1. The lowest BCUT2D eigenvalue weighted by atomic mass is 9.96. The molecule has 1 aromatic heterocycles. The molecule has 0 saturated heterocycles. The van der Waals surface area contributed by atoms with Crippen LogP contribution in [0, 0.1) is 32.8 Å². The van der Waals surface area contributed by atoms with E-state index in [1.807, 2.05) is 24.8 Å². The number of amides is 1. The van der Waals surface area contributed by atoms with E-state index in [1.54, 1.807) is 6.07 Å². The summed E-state index contributed by atoms with van der Waals surface area (Å²) in [4.78, 5) is 26.8.